The lowest BCUT2D eigenvalue weighted by molar-refractivity contribution is 0.0746. The van der Waals surface area contributed by atoms with Crippen LogP contribution in [0.25, 0.3) is 0 Å². The summed E-state index contributed by atoms with van der Waals surface area (Å²) >= 11 is 0. The molecule has 1 heterocycles. The van der Waals surface area contributed by atoms with E-state index < -0.39 is 0 Å². The first-order chi connectivity index (χ1) is 12.6. The molecule has 0 atom stereocenters. The van der Waals surface area contributed by atoms with Crippen molar-refractivity contribution in [3.63, 3.8) is 0 Å². The Hall–Kier alpha value is -2.75. The minimum absolute atomic E-state index is 0.0842. The van der Waals surface area contributed by atoms with Gasteiger partial charge in [-0.1, -0.05) is 24.8 Å². The molecule has 26 heavy (non-hydrogen) atoms. The second-order valence-electron chi connectivity index (χ2n) is 6.62. The van der Waals surface area contributed by atoms with E-state index in [-0.39, 0.29) is 5.91 Å². The third-order valence-electron chi connectivity index (χ3n) is 4.95. The third kappa shape index (κ3) is 3.90. The normalized spacial score (nSPS) is 14.2. The van der Waals surface area contributed by atoms with Crippen molar-refractivity contribution in [2.24, 2.45) is 0 Å². The van der Waals surface area contributed by atoms with Crippen LogP contribution in [0.2, 0.25) is 0 Å². The molecule has 0 saturated carbocycles. The molecular weight excluding hydrogens is 324 g/mol. The zero-order valence-electron chi connectivity index (χ0n) is 15.6. The Morgan fingerprint density at radius 2 is 1.77 bits per heavy atom. The summed E-state index contributed by atoms with van der Waals surface area (Å²) in [5, 5.41) is 0. The van der Waals surface area contributed by atoms with Gasteiger partial charge < -0.3 is 14.5 Å². The summed E-state index contributed by atoms with van der Waals surface area (Å²) in [7, 11) is 0. The molecule has 0 spiro atoms. The summed E-state index contributed by atoms with van der Waals surface area (Å²) in [5.41, 5.74) is 4.61. The summed E-state index contributed by atoms with van der Waals surface area (Å²) in [4.78, 5) is 17.0. The molecular formula is C22H26N2O2. The number of anilines is 1. The van der Waals surface area contributed by atoms with Gasteiger partial charge in [-0.05, 0) is 55.3 Å². The molecule has 1 aliphatic heterocycles. The molecule has 1 fully saturated rings. The summed E-state index contributed by atoms with van der Waals surface area (Å²) in [5.74, 6) is 0.835. The predicted octanol–water partition coefficient (Wildman–Crippen LogP) is 3.83. The van der Waals surface area contributed by atoms with Crippen LogP contribution < -0.4 is 9.64 Å². The molecule has 4 heteroatoms. The average Bonchev–Trinajstić information content (AvgIpc) is 2.68. The molecule has 0 aromatic heterocycles. The van der Waals surface area contributed by atoms with Crippen molar-refractivity contribution in [3.05, 3.63) is 71.8 Å². The number of amides is 1. The number of hydrogen-bond donors (Lipinski definition) is 0. The number of ether oxygens (including phenoxy) is 1. The Balaban J connectivity index is 1.61. The minimum Gasteiger partial charge on any atom is -0.490 e. The highest BCUT2D eigenvalue weighted by Crippen LogP contribution is 2.24. The van der Waals surface area contributed by atoms with Crippen molar-refractivity contribution in [2.75, 3.05) is 37.7 Å². The summed E-state index contributed by atoms with van der Waals surface area (Å²) < 4.78 is 5.47. The Kier molecular flexibility index (Phi) is 5.61. The van der Waals surface area contributed by atoms with Gasteiger partial charge in [0.05, 0.1) is 0 Å². The largest absolute Gasteiger partial charge is 0.490 e. The maximum absolute atomic E-state index is 12.7. The van der Waals surface area contributed by atoms with Gasteiger partial charge in [0.1, 0.15) is 12.4 Å². The van der Waals surface area contributed by atoms with Crippen molar-refractivity contribution < 1.29 is 9.53 Å². The fourth-order valence-corrected chi connectivity index (χ4v) is 3.26. The Morgan fingerprint density at radius 1 is 1.08 bits per heavy atom. The second-order valence-corrected chi connectivity index (χ2v) is 6.62. The van der Waals surface area contributed by atoms with E-state index >= 15 is 0 Å². The Morgan fingerprint density at radius 3 is 2.42 bits per heavy atom. The zero-order valence-corrected chi connectivity index (χ0v) is 15.6. The van der Waals surface area contributed by atoms with Gasteiger partial charge in [-0.3, -0.25) is 4.79 Å². The van der Waals surface area contributed by atoms with Crippen LogP contribution in [0.15, 0.2) is 55.1 Å². The van der Waals surface area contributed by atoms with Crippen LogP contribution >= 0.6 is 0 Å². The molecule has 0 bridgehead atoms. The molecule has 0 aliphatic carbocycles. The lowest BCUT2D eigenvalue weighted by atomic mass is 10.1. The summed E-state index contributed by atoms with van der Waals surface area (Å²) in [6.45, 7) is 11.6. The zero-order chi connectivity index (χ0) is 18.5. The number of carbonyl (C=O) groups is 1. The summed E-state index contributed by atoms with van der Waals surface area (Å²) in [6.07, 6.45) is 1.70. The Labute approximate surface area is 155 Å². The molecule has 2 aromatic carbocycles. The molecule has 2 aromatic rings. The van der Waals surface area contributed by atoms with Crippen molar-refractivity contribution in [1.29, 1.82) is 0 Å². The van der Waals surface area contributed by atoms with E-state index in [0.29, 0.717) is 12.2 Å². The number of hydrogen-bond acceptors (Lipinski definition) is 3. The standard InChI is InChI=1S/C22H26N2O2/c1-4-16-26-20-10-8-19(9-11-20)22(25)24-14-12-23(13-15-24)21-7-5-6-17(2)18(21)3/h4-11H,1,12-16H2,2-3H3. The van der Waals surface area contributed by atoms with Gasteiger partial charge >= 0.3 is 0 Å². The van der Waals surface area contributed by atoms with Crippen LogP contribution in [0.4, 0.5) is 5.69 Å². The first-order valence-electron chi connectivity index (χ1n) is 9.04. The number of carbonyl (C=O) groups excluding carboxylic acids is 1. The predicted molar refractivity (Wildman–Crippen MR) is 106 cm³/mol. The molecule has 0 N–H and O–H groups in total. The first kappa shape index (κ1) is 18.1. The molecule has 136 valence electrons. The molecule has 1 amide bonds. The highest BCUT2D eigenvalue weighted by Gasteiger charge is 2.23. The van der Waals surface area contributed by atoms with E-state index in [4.69, 9.17) is 4.74 Å². The third-order valence-corrected chi connectivity index (χ3v) is 4.95. The van der Waals surface area contributed by atoms with Gasteiger partial charge in [0.25, 0.3) is 5.91 Å². The highest BCUT2D eigenvalue weighted by molar-refractivity contribution is 5.94. The average molecular weight is 350 g/mol. The second kappa shape index (κ2) is 8.09. The van der Waals surface area contributed by atoms with Gasteiger partial charge in [-0.15, -0.1) is 0 Å². The van der Waals surface area contributed by atoms with Crippen molar-refractivity contribution in [1.82, 2.24) is 4.90 Å². The van der Waals surface area contributed by atoms with Gasteiger partial charge in [-0.2, -0.15) is 0 Å². The van der Waals surface area contributed by atoms with Crippen LogP contribution in [0.5, 0.6) is 5.75 Å². The molecule has 0 radical (unpaired) electrons. The fraction of sp³-hybridized carbons (Fsp3) is 0.318. The first-order valence-corrected chi connectivity index (χ1v) is 9.04. The maximum Gasteiger partial charge on any atom is 0.253 e. The Bertz CT molecular complexity index is 775. The van der Waals surface area contributed by atoms with E-state index in [1.54, 1.807) is 6.08 Å². The number of benzene rings is 2. The molecule has 4 nitrogen and oxygen atoms in total. The van der Waals surface area contributed by atoms with E-state index in [1.807, 2.05) is 29.2 Å². The van der Waals surface area contributed by atoms with E-state index in [2.05, 4.69) is 43.5 Å². The molecule has 3 rings (SSSR count). The van der Waals surface area contributed by atoms with Crippen LogP contribution in [0, 0.1) is 13.8 Å². The van der Waals surface area contributed by atoms with Gasteiger partial charge in [0.15, 0.2) is 0 Å². The van der Waals surface area contributed by atoms with E-state index in [0.717, 1.165) is 31.9 Å². The van der Waals surface area contributed by atoms with Crippen LogP contribution in [-0.4, -0.2) is 43.6 Å². The van der Waals surface area contributed by atoms with Crippen molar-refractivity contribution >= 4 is 11.6 Å². The summed E-state index contributed by atoms with van der Waals surface area (Å²) in [6, 6.07) is 13.7. The van der Waals surface area contributed by atoms with E-state index in [9.17, 15) is 4.79 Å². The number of nitrogens with zero attached hydrogens (tertiary/aromatic N) is 2. The van der Waals surface area contributed by atoms with E-state index in [1.165, 1.54) is 16.8 Å². The van der Waals surface area contributed by atoms with Crippen molar-refractivity contribution in [3.8, 4) is 5.75 Å². The number of rotatable bonds is 5. The molecule has 0 unspecified atom stereocenters. The van der Waals surface area contributed by atoms with Gasteiger partial charge in [-0.25, -0.2) is 0 Å². The lowest BCUT2D eigenvalue weighted by Gasteiger charge is -2.37. The number of piperazine rings is 1. The highest BCUT2D eigenvalue weighted by atomic mass is 16.5. The quantitative estimate of drug-likeness (QED) is 0.768. The number of aryl methyl sites for hydroxylation is 1. The van der Waals surface area contributed by atoms with Gasteiger partial charge in [0.2, 0.25) is 0 Å². The van der Waals surface area contributed by atoms with Crippen LogP contribution in [0.3, 0.4) is 0 Å². The lowest BCUT2D eigenvalue weighted by Crippen LogP contribution is -2.49. The monoisotopic (exact) mass is 350 g/mol. The fourth-order valence-electron chi connectivity index (χ4n) is 3.26. The maximum atomic E-state index is 12.7. The SMILES string of the molecule is C=CCOc1ccc(C(=O)N2CCN(c3cccc(C)c3C)CC2)cc1. The van der Waals surface area contributed by atoms with Crippen LogP contribution in [-0.2, 0) is 0 Å². The van der Waals surface area contributed by atoms with Gasteiger partial charge in [0, 0.05) is 37.4 Å². The topological polar surface area (TPSA) is 32.8 Å². The van der Waals surface area contributed by atoms with Crippen LogP contribution in [0.1, 0.15) is 21.5 Å². The molecule has 1 aliphatic rings. The minimum atomic E-state index is 0.0842. The smallest absolute Gasteiger partial charge is 0.253 e. The van der Waals surface area contributed by atoms with Crippen molar-refractivity contribution in [2.45, 2.75) is 13.8 Å². The molecule has 1 saturated heterocycles.